The van der Waals surface area contributed by atoms with Crippen molar-refractivity contribution in [1.82, 2.24) is 0 Å². The zero-order valence-corrected chi connectivity index (χ0v) is 16.1. The van der Waals surface area contributed by atoms with Crippen molar-refractivity contribution in [3.63, 3.8) is 0 Å². The summed E-state index contributed by atoms with van der Waals surface area (Å²) in [6.07, 6.45) is 2.80. The van der Waals surface area contributed by atoms with E-state index in [9.17, 15) is 17.6 Å². The van der Waals surface area contributed by atoms with Gasteiger partial charge in [0, 0.05) is 6.42 Å². The molecule has 0 aliphatic heterocycles. The molecule has 1 nitrogen and oxygen atoms in total. The van der Waals surface area contributed by atoms with Crippen LogP contribution in [0.3, 0.4) is 0 Å². The van der Waals surface area contributed by atoms with E-state index in [4.69, 9.17) is 0 Å². The number of ether oxygens (including phenoxy) is 1. The number of benzene rings is 2. The first-order valence-electron chi connectivity index (χ1n) is 9.97. The van der Waals surface area contributed by atoms with Gasteiger partial charge in [0.25, 0.3) is 0 Å². The summed E-state index contributed by atoms with van der Waals surface area (Å²) in [6, 6.07) is 11.0. The molecule has 1 saturated carbocycles. The highest BCUT2D eigenvalue weighted by molar-refractivity contribution is 5.34. The van der Waals surface area contributed by atoms with E-state index in [0.29, 0.717) is 17.9 Å². The van der Waals surface area contributed by atoms with Crippen molar-refractivity contribution in [3.8, 4) is 5.75 Å². The van der Waals surface area contributed by atoms with E-state index in [1.54, 1.807) is 6.07 Å². The molecular formula is C23H26F4O. The number of halogens is 4. The SMILES string of the molecule is CCCC1CCC(c2ccc(Cc3ccc(OC(F)(F)F)cc3)c(F)c2)CC1. The molecule has 0 amide bonds. The van der Waals surface area contributed by atoms with Crippen LogP contribution in [0.2, 0.25) is 0 Å². The van der Waals surface area contributed by atoms with Crippen LogP contribution in [0.25, 0.3) is 0 Å². The molecule has 0 saturated heterocycles. The van der Waals surface area contributed by atoms with E-state index in [1.165, 1.54) is 49.9 Å². The fraction of sp³-hybridized carbons (Fsp3) is 0.478. The summed E-state index contributed by atoms with van der Waals surface area (Å²) in [5, 5.41) is 0. The first-order valence-corrected chi connectivity index (χ1v) is 9.97. The lowest BCUT2D eigenvalue weighted by molar-refractivity contribution is -0.274. The van der Waals surface area contributed by atoms with E-state index in [-0.39, 0.29) is 11.6 Å². The molecule has 0 bridgehead atoms. The van der Waals surface area contributed by atoms with Crippen molar-refractivity contribution in [1.29, 1.82) is 0 Å². The maximum Gasteiger partial charge on any atom is 0.573 e. The average molecular weight is 394 g/mol. The van der Waals surface area contributed by atoms with Crippen LogP contribution in [0, 0.1) is 11.7 Å². The van der Waals surface area contributed by atoms with Crippen molar-refractivity contribution in [2.75, 3.05) is 0 Å². The zero-order chi connectivity index (χ0) is 20.1. The topological polar surface area (TPSA) is 9.23 Å². The molecule has 0 radical (unpaired) electrons. The van der Waals surface area contributed by atoms with Crippen LogP contribution in [0.15, 0.2) is 42.5 Å². The standard InChI is InChI=1S/C23H26F4O/c1-2-3-16-4-8-18(9-5-16)19-10-11-20(22(24)15-19)14-17-6-12-21(13-7-17)28-23(25,26)27/h6-7,10-13,15-16,18H,2-5,8-9,14H2,1H3. The summed E-state index contributed by atoms with van der Waals surface area (Å²) >= 11 is 0. The zero-order valence-electron chi connectivity index (χ0n) is 16.1. The van der Waals surface area contributed by atoms with Gasteiger partial charge >= 0.3 is 6.36 Å². The lowest BCUT2D eigenvalue weighted by Gasteiger charge is -2.28. The molecule has 2 aromatic carbocycles. The number of hydrogen-bond acceptors (Lipinski definition) is 1. The van der Waals surface area contributed by atoms with Gasteiger partial charge in [-0.1, -0.05) is 44.0 Å². The lowest BCUT2D eigenvalue weighted by Crippen LogP contribution is -2.17. The second-order valence-electron chi connectivity index (χ2n) is 7.73. The van der Waals surface area contributed by atoms with Gasteiger partial charge in [0.05, 0.1) is 0 Å². The Morgan fingerprint density at radius 3 is 2.21 bits per heavy atom. The second-order valence-corrected chi connectivity index (χ2v) is 7.73. The largest absolute Gasteiger partial charge is 0.573 e. The second kappa shape index (κ2) is 8.97. The Kier molecular flexibility index (Phi) is 6.63. The van der Waals surface area contributed by atoms with E-state index in [2.05, 4.69) is 11.7 Å². The summed E-state index contributed by atoms with van der Waals surface area (Å²) in [7, 11) is 0. The summed E-state index contributed by atoms with van der Waals surface area (Å²) in [5.41, 5.74) is 2.35. The van der Waals surface area contributed by atoms with Gasteiger partial charge in [-0.3, -0.25) is 0 Å². The van der Waals surface area contributed by atoms with Crippen molar-refractivity contribution in [2.24, 2.45) is 5.92 Å². The fourth-order valence-corrected chi connectivity index (χ4v) is 4.18. The van der Waals surface area contributed by atoms with Crippen molar-refractivity contribution >= 4 is 0 Å². The van der Waals surface area contributed by atoms with Gasteiger partial charge in [0.15, 0.2) is 0 Å². The predicted octanol–water partition coefficient (Wildman–Crippen LogP) is 7.39. The summed E-state index contributed by atoms with van der Waals surface area (Å²) in [4.78, 5) is 0. The van der Waals surface area contributed by atoms with Crippen LogP contribution in [0.4, 0.5) is 17.6 Å². The summed E-state index contributed by atoms with van der Waals surface area (Å²) < 4.78 is 55.1. The van der Waals surface area contributed by atoms with Crippen LogP contribution in [0.1, 0.15) is 68.1 Å². The lowest BCUT2D eigenvalue weighted by atomic mass is 9.77. The molecule has 28 heavy (non-hydrogen) atoms. The van der Waals surface area contributed by atoms with Crippen molar-refractivity contribution in [3.05, 3.63) is 65.0 Å². The smallest absolute Gasteiger partial charge is 0.406 e. The molecule has 5 heteroatoms. The molecule has 0 atom stereocenters. The minimum Gasteiger partial charge on any atom is -0.406 e. The molecule has 0 N–H and O–H groups in total. The quantitative estimate of drug-likeness (QED) is 0.464. The summed E-state index contributed by atoms with van der Waals surface area (Å²) in [6.45, 7) is 2.22. The molecule has 0 heterocycles. The van der Waals surface area contributed by atoms with Gasteiger partial charge in [-0.2, -0.15) is 0 Å². The van der Waals surface area contributed by atoms with E-state index in [1.807, 2.05) is 12.1 Å². The van der Waals surface area contributed by atoms with Crippen LogP contribution in [-0.4, -0.2) is 6.36 Å². The molecule has 3 rings (SSSR count). The van der Waals surface area contributed by atoms with Gasteiger partial charge in [-0.05, 0) is 72.4 Å². The normalized spacial score (nSPS) is 20.2. The van der Waals surface area contributed by atoms with E-state index in [0.717, 1.165) is 29.9 Å². The number of rotatable bonds is 6. The molecule has 1 aliphatic rings. The monoisotopic (exact) mass is 394 g/mol. The number of alkyl halides is 3. The first kappa shape index (κ1) is 20.7. The van der Waals surface area contributed by atoms with Crippen LogP contribution in [0.5, 0.6) is 5.75 Å². The predicted molar refractivity (Wildman–Crippen MR) is 102 cm³/mol. The third kappa shape index (κ3) is 5.73. The third-order valence-corrected chi connectivity index (χ3v) is 5.64. The molecule has 2 aromatic rings. The summed E-state index contributed by atoms with van der Waals surface area (Å²) in [5.74, 6) is 0.722. The highest BCUT2D eigenvalue weighted by Crippen LogP contribution is 2.38. The van der Waals surface area contributed by atoms with Gasteiger partial charge in [-0.25, -0.2) is 4.39 Å². The van der Waals surface area contributed by atoms with Gasteiger partial charge in [-0.15, -0.1) is 13.2 Å². The van der Waals surface area contributed by atoms with Crippen LogP contribution >= 0.6 is 0 Å². The molecule has 0 spiro atoms. The molecule has 1 aliphatic carbocycles. The van der Waals surface area contributed by atoms with Gasteiger partial charge in [0.2, 0.25) is 0 Å². The highest BCUT2D eigenvalue weighted by atomic mass is 19.4. The Hall–Kier alpha value is -2.04. The van der Waals surface area contributed by atoms with E-state index < -0.39 is 6.36 Å². The third-order valence-electron chi connectivity index (χ3n) is 5.64. The minimum atomic E-state index is -4.71. The molecule has 152 valence electrons. The van der Waals surface area contributed by atoms with Gasteiger partial charge in [0.1, 0.15) is 11.6 Å². The maximum atomic E-state index is 14.6. The fourth-order valence-electron chi connectivity index (χ4n) is 4.18. The molecule has 0 aromatic heterocycles. The molecule has 1 fully saturated rings. The Balaban J connectivity index is 1.61. The Labute approximate surface area is 163 Å². The highest BCUT2D eigenvalue weighted by Gasteiger charge is 2.31. The van der Waals surface area contributed by atoms with Crippen molar-refractivity contribution < 1.29 is 22.3 Å². The van der Waals surface area contributed by atoms with Crippen LogP contribution < -0.4 is 4.74 Å². The molecular weight excluding hydrogens is 368 g/mol. The van der Waals surface area contributed by atoms with Crippen molar-refractivity contribution in [2.45, 2.75) is 64.1 Å². The Morgan fingerprint density at radius 2 is 1.64 bits per heavy atom. The Morgan fingerprint density at radius 1 is 0.964 bits per heavy atom. The molecule has 0 unspecified atom stereocenters. The van der Waals surface area contributed by atoms with E-state index >= 15 is 0 Å². The maximum absolute atomic E-state index is 14.6. The van der Waals surface area contributed by atoms with Crippen LogP contribution in [-0.2, 0) is 6.42 Å². The minimum absolute atomic E-state index is 0.246. The van der Waals surface area contributed by atoms with Gasteiger partial charge < -0.3 is 4.74 Å². The number of hydrogen-bond donors (Lipinski definition) is 0. The average Bonchev–Trinajstić information content (AvgIpc) is 2.65. The first-order chi connectivity index (χ1) is 13.3. The Bertz CT molecular complexity index is 759.